The number of hydrogen-bond donors (Lipinski definition) is 1. The Hall–Kier alpha value is -1.39. The van der Waals surface area contributed by atoms with Crippen LogP contribution in [0.15, 0.2) is 30.3 Å². The fourth-order valence-corrected chi connectivity index (χ4v) is 2.72. The fraction of sp³-hybridized carbons (Fsp3) is 0.562. The number of rotatable bonds is 7. The van der Waals surface area contributed by atoms with Crippen molar-refractivity contribution in [3.8, 4) is 0 Å². The molecule has 1 N–H and O–H groups in total. The Morgan fingerprint density at radius 2 is 2.00 bits per heavy atom. The molecule has 1 aliphatic heterocycles. The number of hydrogen-bond acceptors (Lipinski definition) is 3. The van der Waals surface area contributed by atoms with Gasteiger partial charge in [-0.2, -0.15) is 0 Å². The third-order valence-electron chi connectivity index (χ3n) is 3.84. The third kappa shape index (κ3) is 3.58. The number of amides is 1. The summed E-state index contributed by atoms with van der Waals surface area (Å²) < 4.78 is 0. The van der Waals surface area contributed by atoms with E-state index in [-0.39, 0.29) is 12.1 Å². The van der Waals surface area contributed by atoms with Crippen LogP contribution in [0.3, 0.4) is 0 Å². The quantitative estimate of drug-likeness (QED) is 0.825. The topological polar surface area (TPSA) is 35.6 Å². The molecule has 1 amide bonds. The molecule has 0 bridgehead atoms. The van der Waals surface area contributed by atoms with Gasteiger partial charge in [-0.05, 0) is 25.1 Å². The maximum Gasteiger partial charge on any atom is 0.238 e. The van der Waals surface area contributed by atoms with Crippen LogP contribution < -0.4 is 5.32 Å². The van der Waals surface area contributed by atoms with Crippen molar-refractivity contribution in [3.63, 3.8) is 0 Å². The van der Waals surface area contributed by atoms with Gasteiger partial charge in [0.25, 0.3) is 0 Å². The summed E-state index contributed by atoms with van der Waals surface area (Å²) in [5.74, 6) is 0.200. The highest BCUT2D eigenvalue weighted by Gasteiger charge is 2.31. The molecular weight excluding hydrogens is 250 g/mol. The van der Waals surface area contributed by atoms with Gasteiger partial charge < -0.3 is 9.80 Å². The molecule has 1 heterocycles. The van der Waals surface area contributed by atoms with Gasteiger partial charge in [-0.3, -0.25) is 10.1 Å². The molecule has 20 heavy (non-hydrogen) atoms. The summed E-state index contributed by atoms with van der Waals surface area (Å²) in [6, 6.07) is 10.2. The molecule has 0 radical (unpaired) electrons. The first kappa shape index (κ1) is 15.0. The van der Waals surface area contributed by atoms with Crippen molar-refractivity contribution in [1.29, 1.82) is 0 Å². The van der Waals surface area contributed by atoms with E-state index >= 15 is 0 Å². The van der Waals surface area contributed by atoms with Crippen molar-refractivity contribution in [2.45, 2.75) is 26.4 Å². The molecule has 1 unspecified atom stereocenters. The molecule has 1 fully saturated rings. The minimum Gasteiger partial charge on any atom is -0.321 e. The SMILES string of the molecule is CCCN(CC)CCN1C(=O)CNC1c1ccccc1. The second-order valence-corrected chi connectivity index (χ2v) is 5.22. The number of likely N-dealkylation sites (N-methyl/N-ethyl adjacent to an activating group) is 1. The lowest BCUT2D eigenvalue weighted by atomic mass is 10.1. The molecule has 1 aromatic carbocycles. The van der Waals surface area contributed by atoms with Gasteiger partial charge in [0, 0.05) is 13.1 Å². The van der Waals surface area contributed by atoms with Gasteiger partial charge in [-0.25, -0.2) is 0 Å². The highest BCUT2D eigenvalue weighted by Crippen LogP contribution is 2.21. The highest BCUT2D eigenvalue weighted by atomic mass is 16.2. The largest absolute Gasteiger partial charge is 0.321 e. The van der Waals surface area contributed by atoms with Crippen LogP contribution in [-0.2, 0) is 4.79 Å². The summed E-state index contributed by atoms with van der Waals surface area (Å²) >= 11 is 0. The molecule has 1 atom stereocenters. The maximum atomic E-state index is 12.1. The van der Waals surface area contributed by atoms with Crippen LogP contribution in [-0.4, -0.2) is 48.4 Å². The first-order chi connectivity index (χ1) is 9.76. The summed E-state index contributed by atoms with van der Waals surface area (Å²) in [4.78, 5) is 16.4. The van der Waals surface area contributed by atoms with E-state index < -0.39 is 0 Å². The first-order valence-electron chi connectivity index (χ1n) is 7.56. The van der Waals surface area contributed by atoms with Gasteiger partial charge in [0.2, 0.25) is 5.91 Å². The smallest absolute Gasteiger partial charge is 0.238 e. The molecule has 0 aromatic heterocycles. The van der Waals surface area contributed by atoms with Gasteiger partial charge in [0.05, 0.1) is 6.54 Å². The lowest BCUT2D eigenvalue weighted by molar-refractivity contribution is -0.128. The van der Waals surface area contributed by atoms with Crippen molar-refractivity contribution in [1.82, 2.24) is 15.1 Å². The number of nitrogens with zero attached hydrogens (tertiary/aromatic N) is 2. The van der Waals surface area contributed by atoms with Crippen molar-refractivity contribution >= 4 is 5.91 Å². The minimum absolute atomic E-state index is 0.0315. The van der Waals surface area contributed by atoms with Gasteiger partial charge in [0.1, 0.15) is 6.17 Å². The van der Waals surface area contributed by atoms with Gasteiger partial charge in [-0.15, -0.1) is 0 Å². The van der Waals surface area contributed by atoms with Gasteiger partial charge in [0.15, 0.2) is 0 Å². The van der Waals surface area contributed by atoms with E-state index in [4.69, 9.17) is 0 Å². The van der Waals surface area contributed by atoms with Crippen LogP contribution in [0.25, 0.3) is 0 Å². The average molecular weight is 275 g/mol. The highest BCUT2D eigenvalue weighted by molar-refractivity contribution is 5.80. The van der Waals surface area contributed by atoms with E-state index in [9.17, 15) is 4.79 Å². The Bertz CT molecular complexity index is 421. The van der Waals surface area contributed by atoms with Crippen LogP contribution in [0.4, 0.5) is 0 Å². The molecule has 4 nitrogen and oxygen atoms in total. The number of carbonyl (C=O) groups excluding carboxylic acids is 1. The zero-order valence-corrected chi connectivity index (χ0v) is 12.5. The van der Waals surface area contributed by atoms with Crippen molar-refractivity contribution < 1.29 is 4.79 Å². The molecule has 110 valence electrons. The Morgan fingerprint density at radius 3 is 2.65 bits per heavy atom. The van der Waals surface area contributed by atoms with Gasteiger partial charge >= 0.3 is 0 Å². The zero-order chi connectivity index (χ0) is 14.4. The Balaban J connectivity index is 1.98. The first-order valence-corrected chi connectivity index (χ1v) is 7.56. The van der Waals surface area contributed by atoms with E-state index in [2.05, 4.69) is 36.2 Å². The molecule has 2 rings (SSSR count). The predicted octanol–water partition coefficient (Wildman–Crippen LogP) is 1.85. The minimum atomic E-state index is 0.0315. The Morgan fingerprint density at radius 1 is 1.25 bits per heavy atom. The molecule has 1 saturated heterocycles. The molecule has 0 aliphatic carbocycles. The van der Waals surface area contributed by atoms with E-state index in [1.807, 2.05) is 23.1 Å². The summed E-state index contributed by atoms with van der Waals surface area (Å²) in [5, 5.41) is 3.30. The summed E-state index contributed by atoms with van der Waals surface area (Å²) in [6.07, 6.45) is 1.19. The zero-order valence-electron chi connectivity index (χ0n) is 12.5. The summed E-state index contributed by atoms with van der Waals surface area (Å²) in [5.41, 5.74) is 1.16. The van der Waals surface area contributed by atoms with E-state index in [0.29, 0.717) is 6.54 Å². The monoisotopic (exact) mass is 275 g/mol. The second-order valence-electron chi connectivity index (χ2n) is 5.22. The maximum absolute atomic E-state index is 12.1. The Kier molecular flexibility index (Phi) is 5.56. The Labute approximate surface area is 121 Å². The molecule has 1 aliphatic rings. The van der Waals surface area contributed by atoms with Crippen LogP contribution in [0.1, 0.15) is 32.0 Å². The molecule has 1 aromatic rings. The van der Waals surface area contributed by atoms with Crippen LogP contribution >= 0.6 is 0 Å². The number of carbonyl (C=O) groups is 1. The fourth-order valence-electron chi connectivity index (χ4n) is 2.72. The summed E-state index contributed by atoms with van der Waals surface area (Å²) in [6.45, 7) is 8.69. The van der Waals surface area contributed by atoms with Crippen molar-refractivity contribution in [3.05, 3.63) is 35.9 Å². The molecule has 4 heteroatoms. The average Bonchev–Trinajstić information content (AvgIpc) is 2.85. The number of nitrogens with one attached hydrogen (secondary N) is 1. The lowest BCUT2D eigenvalue weighted by Crippen LogP contribution is -2.38. The lowest BCUT2D eigenvalue weighted by Gasteiger charge is -2.28. The van der Waals surface area contributed by atoms with Crippen LogP contribution in [0.2, 0.25) is 0 Å². The second kappa shape index (κ2) is 7.41. The van der Waals surface area contributed by atoms with Crippen molar-refractivity contribution in [2.24, 2.45) is 0 Å². The van der Waals surface area contributed by atoms with Crippen molar-refractivity contribution in [2.75, 3.05) is 32.7 Å². The normalized spacial score (nSPS) is 19.1. The third-order valence-corrected chi connectivity index (χ3v) is 3.84. The summed E-state index contributed by atoms with van der Waals surface area (Å²) in [7, 11) is 0. The molecule has 0 spiro atoms. The van der Waals surface area contributed by atoms with Gasteiger partial charge in [-0.1, -0.05) is 44.2 Å². The van der Waals surface area contributed by atoms with Crippen LogP contribution in [0.5, 0.6) is 0 Å². The molecular formula is C16H25N3O. The van der Waals surface area contributed by atoms with E-state index in [1.54, 1.807) is 0 Å². The van der Waals surface area contributed by atoms with E-state index in [0.717, 1.165) is 38.2 Å². The standard InChI is InChI=1S/C16H25N3O/c1-3-10-18(4-2)11-12-19-15(20)13-17-16(19)14-8-6-5-7-9-14/h5-9,16-17H,3-4,10-13H2,1-2H3. The van der Waals surface area contributed by atoms with E-state index in [1.165, 1.54) is 0 Å². The van der Waals surface area contributed by atoms with Crippen LogP contribution in [0, 0.1) is 0 Å². The predicted molar refractivity (Wildman–Crippen MR) is 81.3 cm³/mol. The number of benzene rings is 1. The molecule has 0 saturated carbocycles.